The van der Waals surface area contributed by atoms with Crippen LogP contribution < -0.4 is 10.5 Å². The maximum atomic E-state index is 14.4. The molecule has 1 saturated heterocycles. The minimum Gasteiger partial charge on any atom is -0.494 e. The van der Waals surface area contributed by atoms with E-state index in [4.69, 9.17) is 15.2 Å². The number of rotatable bonds is 4. The van der Waals surface area contributed by atoms with Crippen LogP contribution in [0.2, 0.25) is 0 Å². The molecule has 11 heteroatoms. The first kappa shape index (κ1) is 24.0. The summed E-state index contributed by atoms with van der Waals surface area (Å²) in [6.07, 6.45) is -3.25. The number of nitrogens with zero attached hydrogens (tertiary/aromatic N) is 4. The SMILES string of the molecule is COc1c(-c2ccc(-c3cc(C(F)(F)F)c[c]c3F)cc2)c2c(N)ncnn2c1C1COCCN1C. The lowest BCUT2D eigenvalue weighted by Gasteiger charge is -2.32. The van der Waals surface area contributed by atoms with Crippen molar-refractivity contribution in [1.29, 1.82) is 0 Å². The second-order valence-corrected chi connectivity index (χ2v) is 8.46. The van der Waals surface area contributed by atoms with E-state index in [1.807, 2.05) is 7.05 Å². The van der Waals surface area contributed by atoms with E-state index >= 15 is 0 Å². The highest BCUT2D eigenvalue weighted by molar-refractivity contribution is 5.93. The van der Waals surface area contributed by atoms with Crippen LogP contribution in [0, 0.1) is 11.9 Å². The molecule has 0 spiro atoms. The van der Waals surface area contributed by atoms with Crippen LogP contribution in [0.15, 0.2) is 42.7 Å². The number of morpholine rings is 1. The number of halogens is 4. The Bertz CT molecular complexity index is 1420. The van der Waals surface area contributed by atoms with Gasteiger partial charge in [0.15, 0.2) is 11.6 Å². The zero-order chi connectivity index (χ0) is 25.6. The number of methoxy groups -OCH3 is 1. The summed E-state index contributed by atoms with van der Waals surface area (Å²) in [5.74, 6) is -0.120. The number of hydrogen-bond acceptors (Lipinski definition) is 6. The molecular formula is C25H22F4N5O2. The largest absolute Gasteiger partial charge is 0.494 e. The van der Waals surface area contributed by atoms with Gasteiger partial charge in [0, 0.05) is 18.2 Å². The first-order chi connectivity index (χ1) is 17.2. The molecule has 187 valence electrons. The van der Waals surface area contributed by atoms with Gasteiger partial charge in [-0.1, -0.05) is 24.3 Å². The fourth-order valence-corrected chi connectivity index (χ4v) is 4.53. The molecule has 1 atom stereocenters. The van der Waals surface area contributed by atoms with Crippen molar-refractivity contribution < 1.29 is 27.0 Å². The minimum absolute atomic E-state index is 0.168. The van der Waals surface area contributed by atoms with E-state index in [9.17, 15) is 17.6 Å². The van der Waals surface area contributed by atoms with Gasteiger partial charge in [0.25, 0.3) is 0 Å². The molecule has 0 saturated carbocycles. The van der Waals surface area contributed by atoms with Gasteiger partial charge in [-0.25, -0.2) is 13.9 Å². The van der Waals surface area contributed by atoms with E-state index in [0.717, 1.165) is 11.8 Å². The van der Waals surface area contributed by atoms with Crippen LogP contribution in [-0.4, -0.2) is 53.4 Å². The van der Waals surface area contributed by atoms with E-state index in [1.54, 1.807) is 28.8 Å². The molecule has 2 N–H and O–H groups in total. The molecule has 1 fully saturated rings. The van der Waals surface area contributed by atoms with Crippen LogP contribution in [-0.2, 0) is 10.9 Å². The number of aromatic nitrogens is 3. The molecule has 0 amide bonds. The van der Waals surface area contributed by atoms with Crippen molar-refractivity contribution in [2.45, 2.75) is 12.2 Å². The molecule has 1 unspecified atom stereocenters. The quantitative estimate of drug-likeness (QED) is 0.413. The number of ether oxygens (including phenoxy) is 2. The highest BCUT2D eigenvalue weighted by Crippen LogP contribution is 2.45. The average molecular weight is 500 g/mol. The Morgan fingerprint density at radius 3 is 2.58 bits per heavy atom. The van der Waals surface area contributed by atoms with Gasteiger partial charge in [-0.15, -0.1) is 0 Å². The summed E-state index contributed by atoms with van der Waals surface area (Å²) < 4.78 is 67.1. The van der Waals surface area contributed by atoms with Gasteiger partial charge in [0.2, 0.25) is 0 Å². The summed E-state index contributed by atoms with van der Waals surface area (Å²) in [5.41, 5.74) is 7.88. The Labute approximate surface area is 204 Å². The van der Waals surface area contributed by atoms with Crippen molar-refractivity contribution in [2.24, 2.45) is 0 Å². The van der Waals surface area contributed by atoms with Crippen molar-refractivity contribution in [1.82, 2.24) is 19.5 Å². The predicted octanol–water partition coefficient (Wildman–Crippen LogP) is 4.62. The van der Waals surface area contributed by atoms with Gasteiger partial charge in [0.1, 0.15) is 23.4 Å². The van der Waals surface area contributed by atoms with Crippen molar-refractivity contribution in [3.63, 3.8) is 0 Å². The van der Waals surface area contributed by atoms with Crippen LogP contribution in [0.3, 0.4) is 0 Å². The van der Waals surface area contributed by atoms with Gasteiger partial charge in [-0.3, -0.25) is 4.90 Å². The van der Waals surface area contributed by atoms with Gasteiger partial charge < -0.3 is 15.2 Å². The van der Waals surface area contributed by atoms with Gasteiger partial charge in [0.05, 0.1) is 37.5 Å². The molecule has 1 radical (unpaired) electrons. The van der Waals surface area contributed by atoms with Gasteiger partial charge >= 0.3 is 6.18 Å². The topological polar surface area (TPSA) is 77.9 Å². The lowest BCUT2D eigenvalue weighted by atomic mass is 9.98. The van der Waals surface area contributed by atoms with Crippen LogP contribution in [0.4, 0.5) is 23.4 Å². The second-order valence-electron chi connectivity index (χ2n) is 8.46. The van der Waals surface area contributed by atoms with Crippen LogP contribution in [0.25, 0.3) is 27.8 Å². The maximum absolute atomic E-state index is 14.4. The molecular weight excluding hydrogens is 478 g/mol. The molecule has 7 nitrogen and oxygen atoms in total. The number of anilines is 1. The third-order valence-electron chi connectivity index (χ3n) is 6.36. The smallest absolute Gasteiger partial charge is 0.416 e. The normalized spacial score (nSPS) is 17.0. The third kappa shape index (κ3) is 4.03. The summed E-state index contributed by atoms with van der Waals surface area (Å²) in [4.78, 5) is 6.27. The molecule has 0 aliphatic carbocycles. The summed E-state index contributed by atoms with van der Waals surface area (Å²) >= 11 is 0. The highest BCUT2D eigenvalue weighted by atomic mass is 19.4. The van der Waals surface area contributed by atoms with Gasteiger partial charge in [-0.2, -0.15) is 18.3 Å². The summed E-state index contributed by atoms with van der Waals surface area (Å²) in [7, 11) is 3.52. The Kier molecular flexibility index (Phi) is 6.05. The maximum Gasteiger partial charge on any atom is 0.416 e. The minimum atomic E-state index is -4.61. The summed E-state index contributed by atoms with van der Waals surface area (Å²) in [5, 5.41) is 4.42. The van der Waals surface area contributed by atoms with Crippen LogP contribution >= 0.6 is 0 Å². The Morgan fingerprint density at radius 1 is 1.19 bits per heavy atom. The van der Waals surface area contributed by atoms with Gasteiger partial charge in [-0.05, 0) is 30.3 Å². The molecule has 2 aromatic heterocycles. The molecule has 4 aromatic rings. The third-order valence-corrected chi connectivity index (χ3v) is 6.36. The highest BCUT2D eigenvalue weighted by Gasteiger charge is 2.33. The second kappa shape index (κ2) is 9.07. The van der Waals surface area contributed by atoms with E-state index < -0.39 is 17.6 Å². The number of fused-ring (bicyclic) bond motifs is 1. The molecule has 0 bridgehead atoms. The zero-order valence-electron chi connectivity index (χ0n) is 19.4. The average Bonchev–Trinajstić information content (AvgIpc) is 3.19. The fourth-order valence-electron chi connectivity index (χ4n) is 4.53. The zero-order valence-corrected chi connectivity index (χ0v) is 19.4. The Balaban J connectivity index is 1.66. The van der Waals surface area contributed by atoms with Crippen molar-refractivity contribution in [2.75, 3.05) is 39.6 Å². The molecule has 5 rings (SSSR count). The van der Waals surface area contributed by atoms with Crippen molar-refractivity contribution >= 4 is 11.3 Å². The monoisotopic (exact) mass is 500 g/mol. The van der Waals surface area contributed by atoms with Crippen LogP contribution in [0.5, 0.6) is 5.75 Å². The Morgan fingerprint density at radius 2 is 1.92 bits per heavy atom. The first-order valence-electron chi connectivity index (χ1n) is 11.1. The van der Waals surface area contributed by atoms with E-state index in [2.05, 4.69) is 21.0 Å². The number of nitrogen functional groups attached to an aromatic ring is 1. The Hall–Kier alpha value is -3.70. The fraction of sp³-hybridized carbons (Fsp3) is 0.280. The number of alkyl halides is 3. The number of hydrogen-bond donors (Lipinski definition) is 1. The standard InChI is InChI=1S/C25H22F4N5O2/c1-33-9-10-36-12-19(33)21-23(35-2)20(22-24(30)31-13-32-34(21)22)15-5-3-14(4-6-15)17-11-16(25(27,28)29)7-8-18(17)26/h3-7,11,13,19H,9-10,12H2,1-2H3,(H2,30,31,32). The lowest BCUT2D eigenvalue weighted by molar-refractivity contribution is -0.137. The van der Waals surface area contributed by atoms with E-state index in [1.165, 1.54) is 13.4 Å². The molecule has 36 heavy (non-hydrogen) atoms. The van der Waals surface area contributed by atoms with E-state index in [0.29, 0.717) is 48.2 Å². The first-order valence-corrected chi connectivity index (χ1v) is 11.1. The van der Waals surface area contributed by atoms with Crippen molar-refractivity contribution in [3.05, 3.63) is 65.9 Å². The number of nitrogens with two attached hydrogens (primary N) is 1. The van der Waals surface area contributed by atoms with Crippen molar-refractivity contribution in [3.8, 4) is 28.0 Å². The molecule has 2 aromatic carbocycles. The summed E-state index contributed by atoms with van der Waals surface area (Å²) in [6.45, 7) is 1.74. The number of benzene rings is 2. The molecule has 1 aliphatic heterocycles. The number of likely N-dealkylation sites (N-methyl/N-ethyl adjacent to an activating group) is 1. The lowest BCUT2D eigenvalue weighted by Crippen LogP contribution is -2.37. The van der Waals surface area contributed by atoms with E-state index in [-0.39, 0.29) is 23.0 Å². The molecule has 3 heterocycles. The molecule has 1 aliphatic rings. The summed E-state index contributed by atoms with van der Waals surface area (Å²) in [6, 6.07) is 9.69. The predicted molar refractivity (Wildman–Crippen MR) is 125 cm³/mol. The van der Waals surface area contributed by atoms with Crippen LogP contribution in [0.1, 0.15) is 17.3 Å².